The highest BCUT2D eigenvalue weighted by Crippen LogP contribution is 2.61. The Bertz CT molecular complexity index is 339. The maximum absolute atomic E-state index is 12.2. The SMILES string of the molecule is CC(C)OCCCOC(=O)CC12CC3CC(CC(C3)C1)C2. The van der Waals surface area contributed by atoms with Crippen LogP contribution >= 0.6 is 0 Å². The second kappa shape index (κ2) is 6.28. The standard InChI is InChI=1S/C18H30O3/c1-13(2)20-4-3-5-21-17(19)12-18-9-14-6-15(10-18)8-16(7-14)11-18/h13-16H,3-12H2,1-2H3. The largest absolute Gasteiger partial charge is 0.466 e. The van der Waals surface area contributed by atoms with E-state index in [-0.39, 0.29) is 12.1 Å². The molecule has 0 aromatic carbocycles. The summed E-state index contributed by atoms with van der Waals surface area (Å²) in [7, 11) is 0. The molecule has 4 aliphatic carbocycles. The lowest BCUT2D eigenvalue weighted by molar-refractivity contribution is -0.152. The van der Waals surface area contributed by atoms with Gasteiger partial charge in [-0.25, -0.2) is 0 Å². The van der Waals surface area contributed by atoms with E-state index in [0.717, 1.165) is 24.2 Å². The summed E-state index contributed by atoms with van der Waals surface area (Å²) in [4.78, 5) is 12.2. The van der Waals surface area contributed by atoms with Gasteiger partial charge in [-0.1, -0.05) is 0 Å². The lowest BCUT2D eigenvalue weighted by Gasteiger charge is -2.56. The molecule has 0 atom stereocenters. The van der Waals surface area contributed by atoms with Crippen molar-refractivity contribution in [1.29, 1.82) is 0 Å². The van der Waals surface area contributed by atoms with Crippen LogP contribution in [0.25, 0.3) is 0 Å². The van der Waals surface area contributed by atoms with Crippen molar-refractivity contribution in [2.24, 2.45) is 23.2 Å². The van der Waals surface area contributed by atoms with Gasteiger partial charge in [-0.3, -0.25) is 4.79 Å². The van der Waals surface area contributed by atoms with E-state index in [0.29, 0.717) is 25.0 Å². The molecule has 0 saturated heterocycles. The van der Waals surface area contributed by atoms with Crippen molar-refractivity contribution in [3.8, 4) is 0 Å². The smallest absolute Gasteiger partial charge is 0.306 e. The zero-order valence-corrected chi connectivity index (χ0v) is 13.6. The average molecular weight is 294 g/mol. The van der Waals surface area contributed by atoms with Crippen LogP contribution in [-0.4, -0.2) is 25.3 Å². The molecular weight excluding hydrogens is 264 g/mol. The van der Waals surface area contributed by atoms with Crippen molar-refractivity contribution >= 4 is 5.97 Å². The van der Waals surface area contributed by atoms with E-state index >= 15 is 0 Å². The van der Waals surface area contributed by atoms with E-state index in [1.807, 2.05) is 13.8 Å². The lowest BCUT2D eigenvalue weighted by atomic mass is 9.49. The number of hydrogen-bond acceptors (Lipinski definition) is 3. The van der Waals surface area contributed by atoms with Crippen LogP contribution in [0.15, 0.2) is 0 Å². The van der Waals surface area contributed by atoms with E-state index in [1.54, 1.807) is 0 Å². The first-order valence-corrected chi connectivity index (χ1v) is 8.82. The molecule has 0 N–H and O–H groups in total. The normalized spacial score (nSPS) is 37.2. The zero-order chi connectivity index (χ0) is 14.9. The highest BCUT2D eigenvalue weighted by Gasteiger charge is 2.51. The molecule has 0 aromatic heterocycles. The topological polar surface area (TPSA) is 35.5 Å². The van der Waals surface area contributed by atoms with E-state index in [1.165, 1.54) is 38.5 Å². The molecule has 4 saturated carbocycles. The van der Waals surface area contributed by atoms with Gasteiger partial charge in [0.25, 0.3) is 0 Å². The van der Waals surface area contributed by atoms with Crippen LogP contribution in [0.4, 0.5) is 0 Å². The molecule has 0 unspecified atom stereocenters. The Hall–Kier alpha value is -0.570. The first kappa shape index (κ1) is 15.3. The Morgan fingerprint density at radius 2 is 1.62 bits per heavy atom. The van der Waals surface area contributed by atoms with Crippen molar-refractivity contribution in [3.05, 3.63) is 0 Å². The molecule has 0 amide bonds. The summed E-state index contributed by atoms with van der Waals surface area (Å²) in [5.74, 6) is 2.75. The van der Waals surface area contributed by atoms with Gasteiger partial charge in [0.2, 0.25) is 0 Å². The summed E-state index contributed by atoms with van der Waals surface area (Å²) >= 11 is 0. The van der Waals surface area contributed by atoms with Gasteiger partial charge in [-0.15, -0.1) is 0 Å². The molecule has 0 heterocycles. The Labute approximate surface area is 128 Å². The van der Waals surface area contributed by atoms with Gasteiger partial charge in [0.1, 0.15) is 0 Å². The van der Waals surface area contributed by atoms with Crippen LogP contribution < -0.4 is 0 Å². The first-order chi connectivity index (χ1) is 10.0. The number of carbonyl (C=O) groups excluding carboxylic acids is 1. The predicted molar refractivity (Wildman–Crippen MR) is 81.9 cm³/mol. The number of ether oxygens (including phenoxy) is 2. The second-order valence-electron chi connectivity index (χ2n) is 8.09. The van der Waals surface area contributed by atoms with Crippen LogP contribution in [0.2, 0.25) is 0 Å². The molecular formula is C18H30O3. The van der Waals surface area contributed by atoms with E-state index in [9.17, 15) is 4.79 Å². The van der Waals surface area contributed by atoms with Gasteiger partial charge in [-0.2, -0.15) is 0 Å². The Morgan fingerprint density at radius 3 is 2.14 bits per heavy atom. The van der Waals surface area contributed by atoms with Gasteiger partial charge < -0.3 is 9.47 Å². The minimum atomic E-state index is 0.0292. The van der Waals surface area contributed by atoms with E-state index < -0.39 is 0 Å². The van der Waals surface area contributed by atoms with Gasteiger partial charge in [0.15, 0.2) is 0 Å². The molecule has 21 heavy (non-hydrogen) atoms. The summed E-state index contributed by atoms with van der Waals surface area (Å²) in [5.41, 5.74) is 0.306. The Morgan fingerprint density at radius 1 is 1.05 bits per heavy atom. The third kappa shape index (κ3) is 3.80. The third-order valence-electron chi connectivity index (χ3n) is 5.69. The summed E-state index contributed by atoms with van der Waals surface area (Å²) in [6.45, 7) is 5.25. The van der Waals surface area contributed by atoms with Crippen molar-refractivity contribution < 1.29 is 14.3 Å². The van der Waals surface area contributed by atoms with Crippen molar-refractivity contribution in [1.82, 2.24) is 0 Å². The third-order valence-corrected chi connectivity index (χ3v) is 5.69. The Balaban J connectivity index is 1.41. The van der Waals surface area contributed by atoms with Gasteiger partial charge >= 0.3 is 5.97 Å². The van der Waals surface area contributed by atoms with Gasteiger partial charge in [-0.05, 0) is 75.5 Å². The summed E-state index contributed by atoms with van der Waals surface area (Å²) in [5, 5.41) is 0. The van der Waals surface area contributed by atoms with Crippen LogP contribution in [0, 0.1) is 23.2 Å². The molecule has 4 rings (SSSR count). The van der Waals surface area contributed by atoms with Gasteiger partial charge in [0.05, 0.1) is 25.7 Å². The first-order valence-electron chi connectivity index (χ1n) is 8.82. The number of hydrogen-bond donors (Lipinski definition) is 0. The fourth-order valence-corrected chi connectivity index (χ4v) is 5.43. The van der Waals surface area contributed by atoms with E-state index in [4.69, 9.17) is 9.47 Å². The molecule has 120 valence electrons. The van der Waals surface area contributed by atoms with Crippen molar-refractivity contribution in [2.45, 2.75) is 71.3 Å². The minimum absolute atomic E-state index is 0.0292. The average Bonchev–Trinajstić information content (AvgIpc) is 2.35. The zero-order valence-electron chi connectivity index (χ0n) is 13.6. The van der Waals surface area contributed by atoms with Crippen LogP contribution in [0.5, 0.6) is 0 Å². The molecule has 0 radical (unpaired) electrons. The van der Waals surface area contributed by atoms with Crippen LogP contribution in [0.1, 0.15) is 65.2 Å². The van der Waals surface area contributed by atoms with E-state index in [2.05, 4.69) is 0 Å². The second-order valence-corrected chi connectivity index (χ2v) is 8.09. The fraction of sp³-hybridized carbons (Fsp3) is 0.944. The summed E-state index contributed by atoms with van der Waals surface area (Å²) in [6, 6.07) is 0. The highest BCUT2D eigenvalue weighted by molar-refractivity contribution is 5.70. The molecule has 4 aliphatic rings. The monoisotopic (exact) mass is 294 g/mol. The lowest BCUT2D eigenvalue weighted by Crippen LogP contribution is -2.47. The molecule has 4 bridgehead atoms. The maximum Gasteiger partial charge on any atom is 0.306 e. The fourth-order valence-electron chi connectivity index (χ4n) is 5.43. The number of rotatable bonds is 7. The van der Waals surface area contributed by atoms with Crippen molar-refractivity contribution in [3.63, 3.8) is 0 Å². The summed E-state index contributed by atoms with van der Waals surface area (Å²) in [6.07, 6.45) is 9.88. The minimum Gasteiger partial charge on any atom is -0.466 e. The summed E-state index contributed by atoms with van der Waals surface area (Å²) < 4.78 is 10.9. The molecule has 0 spiro atoms. The van der Waals surface area contributed by atoms with Crippen LogP contribution in [-0.2, 0) is 14.3 Å². The Kier molecular flexibility index (Phi) is 4.58. The molecule has 0 aliphatic heterocycles. The number of carbonyl (C=O) groups is 1. The molecule has 4 fully saturated rings. The molecule has 0 aromatic rings. The molecule has 3 nitrogen and oxygen atoms in total. The van der Waals surface area contributed by atoms with Crippen molar-refractivity contribution in [2.75, 3.05) is 13.2 Å². The maximum atomic E-state index is 12.2. The van der Waals surface area contributed by atoms with Gasteiger partial charge in [0, 0.05) is 6.42 Å². The number of esters is 1. The van der Waals surface area contributed by atoms with Crippen LogP contribution in [0.3, 0.4) is 0 Å². The highest BCUT2D eigenvalue weighted by atomic mass is 16.5. The predicted octanol–water partition coefficient (Wildman–Crippen LogP) is 3.95. The quantitative estimate of drug-likeness (QED) is 0.527. The molecule has 3 heteroatoms.